The number of hydrogen-bond acceptors (Lipinski definition) is 3. The molecule has 0 saturated heterocycles. The topological polar surface area (TPSA) is 45.2 Å². The highest BCUT2D eigenvalue weighted by molar-refractivity contribution is 6.30. The van der Waals surface area contributed by atoms with Gasteiger partial charge in [-0.15, -0.1) is 0 Å². The van der Waals surface area contributed by atoms with Crippen LogP contribution in [-0.2, 0) is 11.2 Å². The molecular formula is C20H18ClN3O. The number of benzene rings is 2. The number of carbonyl (C=O) groups is 1. The van der Waals surface area contributed by atoms with Crippen LogP contribution in [0.15, 0.2) is 54.6 Å². The SMILES string of the molecule is O=C(CNc1nc(Cl)cc2ccccc12)N1CCCc2ccccc21. The zero-order valence-electron chi connectivity index (χ0n) is 13.7. The molecule has 1 amide bonds. The Hall–Kier alpha value is -2.59. The van der Waals surface area contributed by atoms with Crippen molar-refractivity contribution in [1.29, 1.82) is 0 Å². The van der Waals surface area contributed by atoms with Gasteiger partial charge in [0.2, 0.25) is 5.91 Å². The molecule has 1 aromatic heterocycles. The van der Waals surface area contributed by atoms with Crippen LogP contribution in [0.4, 0.5) is 11.5 Å². The lowest BCUT2D eigenvalue weighted by Gasteiger charge is -2.29. The van der Waals surface area contributed by atoms with E-state index >= 15 is 0 Å². The van der Waals surface area contributed by atoms with Crippen LogP contribution in [0.1, 0.15) is 12.0 Å². The van der Waals surface area contributed by atoms with Gasteiger partial charge < -0.3 is 10.2 Å². The molecule has 1 aliphatic heterocycles. The maximum absolute atomic E-state index is 12.8. The van der Waals surface area contributed by atoms with Crippen molar-refractivity contribution < 1.29 is 4.79 Å². The highest BCUT2D eigenvalue weighted by Gasteiger charge is 2.22. The summed E-state index contributed by atoms with van der Waals surface area (Å²) in [5.41, 5.74) is 2.25. The zero-order chi connectivity index (χ0) is 17.2. The van der Waals surface area contributed by atoms with Crippen molar-refractivity contribution >= 4 is 39.8 Å². The molecule has 0 bridgehead atoms. The predicted molar refractivity (Wildman–Crippen MR) is 102 cm³/mol. The number of aromatic nitrogens is 1. The summed E-state index contributed by atoms with van der Waals surface area (Å²) in [6, 6.07) is 17.8. The second kappa shape index (κ2) is 6.73. The van der Waals surface area contributed by atoms with Gasteiger partial charge in [0.25, 0.3) is 0 Å². The number of pyridine rings is 1. The maximum Gasteiger partial charge on any atom is 0.246 e. The van der Waals surface area contributed by atoms with Crippen molar-refractivity contribution in [3.63, 3.8) is 0 Å². The Morgan fingerprint density at radius 2 is 1.96 bits per heavy atom. The molecule has 0 unspecified atom stereocenters. The van der Waals surface area contributed by atoms with Gasteiger partial charge in [-0.25, -0.2) is 4.98 Å². The van der Waals surface area contributed by atoms with E-state index in [-0.39, 0.29) is 12.5 Å². The van der Waals surface area contributed by atoms with E-state index in [2.05, 4.69) is 16.4 Å². The van der Waals surface area contributed by atoms with Gasteiger partial charge >= 0.3 is 0 Å². The lowest BCUT2D eigenvalue weighted by molar-refractivity contribution is -0.117. The number of para-hydroxylation sites is 1. The predicted octanol–water partition coefficient (Wildman–Crippen LogP) is 4.28. The minimum Gasteiger partial charge on any atom is -0.360 e. The Labute approximate surface area is 151 Å². The molecule has 2 heterocycles. The molecule has 0 saturated carbocycles. The van der Waals surface area contributed by atoms with Crippen molar-refractivity contribution in [1.82, 2.24) is 4.98 Å². The van der Waals surface area contributed by atoms with Crippen LogP contribution in [0.3, 0.4) is 0 Å². The molecule has 25 heavy (non-hydrogen) atoms. The summed E-state index contributed by atoms with van der Waals surface area (Å²) in [5, 5.41) is 5.54. The van der Waals surface area contributed by atoms with E-state index in [9.17, 15) is 4.79 Å². The highest BCUT2D eigenvalue weighted by Crippen LogP contribution is 2.27. The summed E-state index contributed by atoms with van der Waals surface area (Å²) in [7, 11) is 0. The summed E-state index contributed by atoms with van der Waals surface area (Å²) in [6.07, 6.45) is 2.01. The summed E-state index contributed by atoms with van der Waals surface area (Å²) in [4.78, 5) is 19.0. The minimum absolute atomic E-state index is 0.0398. The largest absolute Gasteiger partial charge is 0.360 e. The summed E-state index contributed by atoms with van der Waals surface area (Å²) in [6.45, 7) is 0.937. The number of amides is 1. The van der Waals surface area contributed by atoms with E-state index in [1.54, 1.807) is 0 Å². The van der Waals surface area contributed by atoms with Crippen LogP contribution in [-0.4, -0.2) is 24.0 Å². The quantitative estimate of drug-likeness (QED) is 0.716. The Balaban J connectivity index is 1.56. The molecule has 3 aromatic rings. The second-order valence-corrected chi connectivity index (χ2v) is 6.53. The first-order valence-corrected chi connectivity index (χ1v) is 8.77. The number of halogens is 1. The fraction of sp³-hybridized carbons (Fsp3) is 0.200. The molecule has 4 rings (SSSR count). The number of nitrogens with one attached hydrogen (secondary N) is 1. The number of fused-ring (bicyclic) bond motifs is 2. The van der Waals surface area contributed by atoms with E-state index in [0.29, 0.717) is 11.0 Å². The molecule has 0 fully saturated rings. The number of aryl methyl sites for hydroxylation is 1. The standard InChI is InChI=1S/C20H18ClN3O/c21-18-12-15-7-1-3-9-16(15)20(23-18)22-13-19(25)24-11-5-8-14-6-2-4-10-17(14)24/h1-4,6-7,9-10,12H,5,8,11,13H2,(H,22,23). The first-order valence-electron chi connectivity index (χ1n) is 8.40. The smallest absolute Gasteiger partial charge is 0.246 e. The van der Waals surface area contributed by atoms with Gasteiger partial charge in [0.05, 0.1) is 6.54 Å². The van der Waals surface area contributed by atoms with E-state index < -0.39 is 0 Å². The summed E-state index contributed by atoms with van der Waals surface area (Å²) < 4.78 is 0. The van der Waals surface area contributed by atoms with Gasteiger partial charge in [0, 0.05) is 17.6 Å². The molecule has 0 aliphatic carbocycles. The van der Waals surface area contributed by atoms with Crippen LogP contribution in [0.5, 0.6) is 0 Å². The maximum atomic E-state index is 12.8. The lowest BCUT2D eigenvalue weighted by atomic mass is 10.0. The minimum atomic E-state index is 0.0398. The molecule has 5 heteroatoms. The first-order chi connectivity index (χ1) is 12.2. The Bertz CT molecular complexity index is 941. The van der Waals surface area contributed by atoms with Gasteiger partial charge in [-0.1, -0.05) is 54.1 Å². The molecule has 2 aromatic carbocycles. The van der Waals surface area contributed by atoms with E-state index in [4.69, 9.17) is 11.6 Å². The van der Waals surface area contributed by atoms with Crippen LogP contribution in [0.25, 0.3) is 10.8 Å². The third kappa shape index (κ3) is 3.17. The van der Waals surface area contributed by atoms with E-state index in [0.717, 1.165) is 35.8 Å². The second-order valence-electron chi connectivity index (χ2n) is 6.15. The molecule has 4 nitrogen and oxygen atoms in total. The van der Waals surface area contributed by atoms with Crippen LogP contribution in [0, 0.1) is 0 Å². The Kier molecular flexibility index (Phi) is 4.28. The van der Waals surface area contributed by atoms with Gasteiger partial charge in [-0.05, 0) is 35.9 Å². The van der Waals surface area contributed by atoms with Crippen LogP contribution >= 0.6 is 11.6 Å². The third-order valence-corrected chi connectivity index (χ3v) is 4.72. The van der Waals surface area contributed by atoms with Crippen LogP contribution in [0.2, 0.25) is 5.15 Å². The first kappa shape index (κ1) is 15.9. The summed E-state index contributed by atoms with van der Waals surface area (Å²) in [5.74, 6) is 0.680. The molecule has 1 aliphatic rings. The number of hydrogen-bond donors (Lipinski definition) is 1. The molecule has 0 radical (unpaired) electrons. The van der Waals surface area contributed by atoms with Crippen molar-refractivity contribution in [2.75, 3.05) is 23.3 Å². The average molecular weight is 352 g/mol. The average Bonchev–Trinajstić information content (AvgIpc) is 2.65. The van der Waals surface area contributed by atoms with E-state index in [1.165, 1.54) is 5.56 Å². The molecule has 126 valence electrons. The van der Waals surface area contributed by atoms with Crippen LogP contribution < -0.4 is 10.2 Å². The van der Waals surface area contributed by atoms with Crippen molar-refractivity contribution in [3.05, 3.63) is 65.3 Å². The van der Waals surface area contributed by atoms with Gasteiger partial charge in [0.15, 0.2) is 0 Å². The third-order valence-electron chi connectivity index (χ3n) is 4.53. The number of rotatable bonds is 3. The molecule has 1 N–H and O–H groups in total. The Morgan fingerprint density at radius 1 is 1.16 bits per heavy atom. The van der Waals surface area contributed by atoms with Crippen molar-refractivity contribution in [2.24, 2.45) is 0 Å². The monoisotopic (exact) mass is 351 g/mol. The van der Waals surface area contributed by atoms with Gasteiger partial charge in [-0.3, -0.25) is 4.79 Å². The fourth-order valence-corrected chi connectivity index (χ4v) is 3.55. The number of anilines is 2. The number of carbonyl (C=O) groups excluding carboxylic acids is 1. The van der Waals surface area contributed by atoms with Crippen molar-refractivity contribution in [3.8, 4) is 0 Å². The molecule has 0 atom stereocenters. The fourth-order valence-electron chi connectivity index (χ4n) is 3.35. The highest BCUT2D eigenvalue weighted by atomic mass is 35.5. The zero-order valence-corrected chi connectivity index (χ0v) is 14.5. The number of nitrogens with zero attached hydrogens (tertiary/aromatic N) is 2. The van der Waals surface area contributed by atoms with E-state index in [1.807, 2.05) is 53.4 Å². The summed E-state index contributed by atoms with van der Waals surface area (Å²) >= 11 is 6.11. The van der Waals surface area contributed by atoms with Crippen molar-refractivity contribution in [2.45, 2.75) is 12.8 Å². The lowest BCUT2D eigenvalue weighted by Crippen LogP contribution is -2.39. The van der Waals surface area contributed by atoms with Gasteiger partial charge in [0.1, 0.15) is 11.0 Å². The molecule has 0 spiro atoms. The molecular weight excluding hydrogens is 334 g/mol. The normalized spacial score (nSPS) is 13.6. The van der Waals surface area contributed by atoms with Gasteiger partial charge in [-0.2, -0.15) is 0 Å². The Morgan fingerprint density at radius 3 is 2.88 bits per heavy atom.